The molecule has 3 aromatic rings. The lowest BCUT2D eigenvalue weighted by Crippen LogP contribution is -2.45. The molecule has 0 aliphatic rings. The van der Waals surface area contributed by atoms with Crippen LogP contribution in [-0.2, 0) is 27.4 Å². The molecule has 0 heterocycles. The van der Waals surface area contributed by atoms with E-state index in [-0.39, 0.29) is 16.3 Å². The molecule has 0 radical (unpaired) electrons. The van der Waals surface area contributed by atoms with E-state index in [1.807, 2.05) is 0 Å². The number of amides is 1. The molecule has 186 valence electrons. The second kappa shape index (κ2) is 10.7. The molecule has 0 spiro atoms. The Bertz CT molecular complexity index is 1320. The predicted molar refractivity (Wildman–Crippen MR) is 127 cm³/mol. The number of halogens is 4. The van der Waals surface area contributed by atoms with Gasteiger partial charge in [-0.3, -0.25) is 4.79 Å². The smallest absolute Gasteiger partial charge is 0.418 e. The molecular weight excluding hydrogens is 505 g/mol. The van der Waals surface area contributed by atoms with Gasteiger partial charge in [0.25, 0.3) is 0 Å². The second-order valence-electron chi connectivity index (χ2n) is 7.67. The summed E-state index contributed by atoms with van der Waals surface area (Å²) in [5.41, 5.74) is -0.529. The topological polar surface area (TPSA) is 84.5 Å². The normalized spacial score (nSPS) is 12.7. The molecule has 6 nitrogen and oxygen atoms in total. The number of methoxy groups -OCH3 is 1. The van der Waals surface area contributed by atoms with Crippen molar-refractivity contribution in [1.82, 2.24) is 4.72 Å². The summed E-state index contributed by atoms with van der Waals surface area (Å²) < 4.78 is 74.1. The first-order valence-electron chi connectivity index (χ1n) is 10.3. The van der Waals surface area contributed by atoms with Crippen LogP contribution in [-0.4, -0.2) is 27.5 Å². The molecule has 1 atom stereocenters. The zero-order valence-electron chi connectivity index (χ0n) is 18.7. The van der Waals surface area contributed by atoms with Gasteiger partial charge in [0, 0.05) is 5.02 Å². The number of hydrogen-bond donors (Lipinski definition) is 2. The lowest BCUT2D eigenvalue weighted by atomic mass is 10.1. The molecule has 0 saturated heterocycles. The van der Waals surface area contributed by atoms with Crippen molar-refractivity contribution in [3.8, 4) is 5.75 Å². The number of carbonyl (C=O) groups excluding carboxylic acids is 1. The summed E-state index contributed by atoms with van der Waals surface area (Å²) in [5, 5.41) is 2.04. The highest BCUT2D eigenvalue weighted by Crippen LogP contribution is 2.36. The van der Waals surface area contributed by atoms with Gasteiger partial charge < -0.3 is 10.1 Å². The van der Waals surface area contributed by atoms with Gasteiger partial charge in [0.2, 0.25) is 15.9 Å². The van der Waals surface area contributed by atoms with E-state index in [9.17, 15) is 26.4 Å². The minimum atomic E-state index is -4.79. The van der Waals surface area contributed by atoms with Gasteiger partial charge in [-0.2, -0.15) is 17.9 Å². The van der Waals surface area contributed by atoms with Crippen LogP contribution >= 0.6 is 11.6 Å². The molecule has 11 heteroatoms. The Morgan fingerprint density at radius 2 is 1.74 bits per heavy atom. The highest BCUT2D eigenvalue weighted by molar-refractivity contribution is 7.89. The van der Waals surface area contributed by atoms with Crippen LogP contribution < -0.4 is 14.8 Å². The molecule has 35 heavy (non-hydrogen) atoms. The van der Waals surface area contributed by atoms with Crippen molar-refractivity contribution < 1.29 is 31.1 Å². The van der Waals surface area contributed by atoms with E-state index in [4.69, 9.17) is 16.3 Å². The number of ether oxygens (including phenoxy) is 1. The maximum absolute atomic E-state index is 13.5. The van der Waals surface area contributed by atoms with E-state index in [0.717, 1.165) is 6.07 Å². The minimum Gasteiger partial charge on any atom is -0.496 e. The number of anilines is 1. The molecular formula is C24H22ClF3N2O4S. The van der Waals surface area contributed by atoms with E-state index in [0.29, 0.717) is 22.9 Å². The van der Waals surface area contributed by atoms with E-state index in [1.54, 1.807) is 37.3 Å². The largest absolute Gasteiger partial charge is 0.496 e. The number of aryl methyl sites for hydroxylation is 1. The molecule has 1 unspecified atom stereocenters. The highest BCUT2D eigenvalue weighted by Gasteiger charge is 2.35. The van der Waals surface area contributed by atoms with Crippen LogP contribution in [0.2, 0.25) is 5.02 Å². The number of hydrogen-bond acceptors (Lipinski definition) is 4. The summed E-state index contributed by atoms with van der Waals surface area (Å²) in [7, 11) is -2.77. The third kappa shape index (κ3) is 6.74. The van der Waals surface area contributed by atoms with Gasteiger partial charge in [0.05, 0.1) is 23.3 Å². The van der Waals surface area contributed by atoms with Crippen LogP contribution in [0, 0.1) is 6.92 Å². The van der Waals surface area contributed by atoms with Crippen LogP contribution in [0.25, 0.3) is 0 Å². The third-order valence-corrected chi connectivity index (χ3v) is 6.82. The first kappa shape index (κ1) is 26.5. The molecule has 2 N–H and O–H groups in total. The van der Waals surface area contributed by atoms with Crippen molar-refractivity contribution in [2.45, 2.75) is 30.5 Å². The lowest BCUT2D eigenvalue weighted by Gasteiger charge is -2.21. The van der Waals surface area contributed by atoms with Crippen LogP contribution in [0.15, 0.2) is 71.6 Å². The van der Waals surface area contributed by atoms with Gasteiger partial charge in [-0.1, -0.05) is 41.9 Å². The molecule has 3 rings (SSSR count). The predicted octanol–water partition coefficient (Wildman–Crippen LogP) is 5.20. The maximum Gasteiger partial charge on any atom is 0.418 e. The fraction of sp³-hybridized carbons (Fsp3) is 0.208. The first-order chi connectivity index (χ1) is 16.4. The zero-order valence-corrected chi connectivity index (χ0v) is 20.3. The molecule has 0 saturated carbocycles. The van der Waals surface area contributed by atoms with Gasteiger partial charge in [-0.15, -0.1) is 0 Å². The second-order valence-corrected chi connectivity index (χ2v) is 9.82. The monoisotopic (exact) mass is 526 g/mol. The van der Waals surface area contributed by atoms with E-state index in [1.165, 1.54) is 31.4 Å². The van der Waals surface area contributed by atoms with Gasteiger partial charge in [0.1, 0.15) is 11.8 Å². The number of nitrogens with one attached hydrogen (secondary N) is 2. The molecule has 0 fully saturated rings. The maximum atomic E-state index is 13.5. The van der Waals surface area contributed by atoms with Crippen molar-refractivity contribution in [3.63, 3.8) is 0 Å². The minimum absolute atomic E-state index is 0.101. The van der Waals surface area contributed by atoms with E-state index in [2.05, 4.69) is 10.0 Å². The number of carbonyl (C=O) groups is 1. The average molecular weight is 527 g/mol. The fourth-order valence-electron chi connectivity index (χ4n) is 3.39. The quantitative estimate of drug-likeness (QED) is 0.422. The fourth-order valence-corrected chi connectivity index (χ4v) is 4.84. The number of sulfonamides is 1. The molecule has 0 aliphatic heterocycles. The van der Waals surface area contributed by atoms with E-state index >= 15 is 0 Å². The summed E-state index contributed by atoms with van der Waals surface area (Å²) in [6, 6.07) is 14.1. The summed E-state index contributed by atoms with van der Waals surface area (Å²) in [4.78, 5) is 13.0. The van der Waals surface area contributed by atoms with Crippen LogP contribution in [0.5, 0.6) is 5.75 Å². The SMILES string of the molecule is COc1ccc(S(=O)(=O)NC(Cc2ccccc2)C(=O)Nc2ccc(Cl)cc2C(F)(F)F)cc1C. The van der Waals surface area contributed by atoms with Crippen LogP contribution in [0.4, 0.5) is 18.9 Å². The molecule has 1 amide bonds. The zero-order chi connectivity index (χ0) is 25.8. The van der Waals surface area contributed by atoms with Gasteiger partial charge in [0.15, 0.2) is 0 Å². The number of benzene rings is 3. The Morgan fingerprint density at radius 3 is 2.34 bits per heavy atom. The number of rotatable bonds is 8. The van der Waals surface area contributed by atoms with Crippen molar-refractivity contribution >= 4 is 33.2 Å². The Kier molecular flexibility index (Phi) is 8.09. The average Bonchev–Trinajstić information content (AvgIpc) is 2.79. The molecule has 0 aromatic heterocycles. The lowest BCUT2D eigenvalue weighted by molar-refractivity contribution is -0.137. The van der Waals surface area contributed by atoms with Gasteiger partial charge in [-0.25, -0.2) is 8.42 Å². The standard InChI is InChI=1S/C24H22ClF3N2O4S/c1-15-12-18(9-11-22(15)34-2)35(32,33)30-21(13-16-6-4-3-5-7-16)23(31)29-20-10-8-17(25)14-19(20)24(26,27)28/h3-12,14,21,30H,13H2,1-2H3,(H,29,31). The van der Waals surface area contributed by atoms with Crippen molar-refractivity contribution in [1.29, 1.82) is 0 Å². The Morgan fingerprint density at radius 1 is 1.06 bits per heavy atom. The van der Waals surface area contributed by atoms with Crippen LogP contribution in [0.3, 0.4) is 0 Å². The third-order valence-electron chi connectivity index (χ3n) is 5.12. The molecule has 0 bridgehead atoms. The van der Waals surface area contributed by atoms with Crippen molar-refractivity contribution in [2.24, 2.45) is 0 Å². The summed E-state index contributed by atoms with van der Waals surface area (Å²) >= 11 is 5.71. The molecule has 0 aliphatic carbocycles. The van der Waals surface area contributed by atoms with E-state index < -0.39 is 39.4 Å². The Labute approximate surface area is 206 Å². The summed E-state index contributed by atoms with van der Waals surface area (Å²) in [6.45, 7) is 1.66. The molecule has 3 aromatic carbocycles. The van der Waals surface area contributed by atoms with Gasteiger partial charge >= 0.3 is 6.18 Å². The Hall–Kier alpha value is -3.08. The first-order valence-corrected chi connectivity index (χ1v) is 12.2. The summed E-state index contributed by atoms with van der Waals surface area (Å²) in [5.74, 6) is -0.486. The summed E-state index contributed by atoms with van der Waals surface area (Å²) in [6.07, 6.45) is -4.89. The van der Waals surface area contributed by atoms with Crippen molar-refractivity contribution in [2.75, 3.05) is 12.4 Å². The number of alkyl halides is 3. The van der Waals surface area contributed by atoms with Crippen LogP contribution in [0.1, 0.15) is 16.7 Å². The van der Waals surface area contributed by atoms with Crippen molar-refractivity contribution in [3.05, 3.63) is 88.4 Å². The Balaban J connectivity index is 1.95. The highest BCUT2D eigenvalue weighted by atomic mass is 35.5. The van der Waals surface area contributed by atoms with Gasteiger partial charge in [-0.05, 0) is 60.9 Å².